The van der Waals surface area contributed by atoms with Crippen molar-refractivity contribution in [1.29, 1.82) is 0 Å². The third-order valence-electron chi connectivity index (χ3n) is 4.63. The highest BCUT2D eigenvalue weighted by atomic mass is 32.1. The molecule has 0 fully saturated rings. The lowest BCUT2D eigenvalue weighted by atomic mass is 10.0. The lowest BCUT2D eigenvalue weighted by Gasteiger charge is -2.29. The molecule has 6 nitrogen and oxygen atoms in total. The number of nitrogens with one attached hydrogen (secondary N) is 1. The molecular weight excluding hydrogens is 348 g/mol. The summed E-state index contributed by atoms with van der Waals surface area (Å²) in [6.45, 7) is 2.52. The molecule has 1 atom stereocenters. The first kappa shape index (κ1) is 16.7. The van der Waals surface area contributed by atoms with E-state index in [1.54, 1.807) is 15.7 Å². The zero-order valence-electron chi connectivity index (χ0n) is 14.2. The molecule has 0 spiro atoms. The zero-order valence-corrected chi connectivity index (χ0v) is 15.0. The van der Waals surface area contributed by atoms with Gasteiger partial charge in [-0.1, -0.05) is 36.4 Å². The molecule has 3 aromatic rings. The summed E-state index contributed by atoms with van der Waals surface area (Å²) in [6, 6.07) is 13.9. The minimum Gasteiger partial charge on any atom is -0.373 e. The van der Waals surface area contributed by atoms with E-state index in [0.29, 0.717) is 22.7 Å². The summed E-state index contributed by atoms with van der Waals surface area (Å²) in [4.78, 5) is 14.3. The first-order chi connectivity index (χ1) is 12.6. The van der Waals surface area contributed by atoms with Crippen molar-refractivity contribution in [1.82, 2.24) is 19.7 Å². The van der Waals surface area contributed by atoms with Crippen molar-refractivity contribution in [3.8, 4) is 5.69 Å². The number of ketones is 1. The predicted octanol–water partition coefficient (Wildman–Crippen LogP) is 3.04. The first-order valence-electron chi connectivity index (χ1n) is 8.45. The molecule has 1 unspecified atom stereocenters. The highest BCUT2D eigenvalue weighted by molar-refractivity contribution is 7.71. The van der Waals surface area contributed by atoms with Crippen LogP contribution < -0.4 is 0 Å². The minimum absolute atomic E-state index is 0.0365. The largest absolute Gasteiger partial charge is 0.373 e. The Morgan fingerprint density at radius 1 is 1.27 bits per heavy atom. The molecule has 7 heteroatoms. The van der Waals surface area contributed by atoms with E-state index in [-0.39, 0.29) is 12.2 Å². The Kier molecular flexibility index (Phi) is 4.18. The van der Waals surface area contributed by atoms with Gasteiger partial charge >= 0.3 is 0 Å². The van der Waals surface area contributed by atoms with Gasteiger partial charge in [-0.05, 0) is 30.6 Å². The molecule has 0 saturated carbocycles. The maximum atomic E-state index is 12.6. The van der Waals surface area contributed by atoms with Crippen molar-refractivity contribution in [3.63, 3.8) is 0 Å². The number of rotatable bonds is 3. The van der Waals surface area contributed by atoms with Crippen molar-refractivity contribution in [2.45, 2.75) is 19.6 Å². The number of Topliss-reactive ketones (excluding diaryl/α,β-unsaturated/α-hetero) is 1. The van der Waals surface area contributed by atoms with Crippen LogP contribution in [0.5, 0.6) is 0 Å². The van der Waals surface area contributed by atoms with Crippen molar-refractivity contribution in [2.75, 3.05) is 6.54 Å². The molecule has 1 aliphatic heterocycles. The third-order valence-corrected chi connectivity index (χ3v) is 4.91. The van der Waals surface area contributed by atoms with Gasteiger partial charge in [-0.2, -0.15) is 5.10 Å². The van der Waals surface area contributed by atoms with E-state index < -0.39 is 6.23 Å². The molecule has 0 aliphatic carbocycles. The standard InChI is InChI=1S/C19H18N4O2S/c1-2-22-11-14(16(24)10-17(22)25)18-20-21-19(26)23(18)15-9-5-7-12-6-3-4-8-13(12)15/h3-9,11,17,25H,2,10H2,1H3,(H,21,26). The molecule has 2 N–H and O–H groups in total. The zero-order chi connectivity index (χ0) is 18.3. The number of hydrogen-bond donors (Lipinski definition) is 2. The average Bonchev–Trinajstić information content (AvgIpc) is 3.02. The number of nitrogens with zero attached hydrogens (tertiary/aromatic N) is 3. The Bertz CT molecular complexity index is 1080. The Labute approximate surface area is 155 Å². The van der Waals surface area contributed by atoms with Gasteiger partial charge in [-0.3, -0.25) is 14.5 Å². The number of aromatic amines is 1. The molecule has 2 aromatic carbocycles. The summed E-state index contributed by atoms with van der Waals surface area (Å²) in [5.41, 5.74) is 1.30. The SMILES string of the molecule is CCN1C=C(c2n[nH]c(=S)n2-c2cccc3ccccc23)C(=O)CC1O. The second-order valence-corrected chi connectivity index (χ2v) is 6.55. The molecule has 26 heavy (non-hydrogen) atoms. The van der Waals surface area contributed by atoms with Crippen LogP contribution >= 0.6 is 12.2 Å². The molecular formula is C19H18N4O2S. The molecule has 0 radical (unpaired) electrons. The van der Waals surface area contributed by atoms with Crippen molar-refractivity contribution >= 4 is 34.3 Å². The van der Waals surface area contributed by atoms with Crippen LogP contribution in [-0.2, 0) is 4.79 Å². The van der Waals surface area contributed by atoms with E-state index in [2.05, 4.69) is 10.2 Å². The number of hydrogen-bond acceptors (Lipinski definition) is 5. The summed E-state index contributed by atoms with van der Waals surface area (Å²) in [5, 5.41) is 19.3. The number of H-pyrrole nitrogens is 1. The van der Waals surface area contributed by atoms with Gasteiger partial charge < -0.3 is 10.0 Å². The number of fused-ring (bicyclic) bond motifs is 1. The summed E-state index contributed by atoms with van der Waals surface area (Å²) >= 11 is 5.45. The van der Waals surface area contributed by atoms with E-state index in [1.807, 2.05) is 49.4 Å². The predicted molar refractivity (Wildman–Crippen MR) is 102 cm³/mol. The lowest BCUT2D eigenvalue weighted by Crippen LogP contribution is -2.37. The second kappa shape index (κ2) is 6.51. The van der Waals surface area contributed by atoms with Gasteiger partial charge in [0.05, 0.1) is 17.7 Å². The molecule has 0 saturated heterocycles. The number of aromatic nitrogens is 3. The maximum Gasteiger partial charge on any atom is 0.200 e. The van der Waals surface area contributed by atoms with Gasteiger partial charge in [-0.25, -0.2) is 0 Å². The van der Waals surface area contributed by atoms with Gasteiger partial charge in [0.2, 0.25) is 0 Å². The van der Waals surface area contributed by atoms with Crippen LogP contribution in [0.2, 0.25) is 0 Å². The summed E-state index contributed by atoms with van der Waals surface area (Å²) < 4.78 is 2.20. The maximum absolute atomic E-state index is 12.6. The van der Waals surface area contributed by atoms with Crippen LogP contribution in [0.15, 0.2) is 48.7 Å². The molecule has 2 heterocycles. The van der Waals surface area contributed by atoms with Crippen molar-refractivity contribution < 1.29 is 9.90 Å². The normalized spacial score (nSPS) is 17.6. The van der Waals surface area contributed by atoms with E-state index >= 15 is 0 Å². The fourth-order valence-corrected chi connectivity index (χ4v) is 3.54. The van der Waals surface area contributed by atoms with Gasteiger partial charge in [0, 0.05) is 18.1 Å². The summed E-state index contributed by atoms with van der Waals surface area (Å²) in [7, 11) is 0. The van der Waals surface area contributed by atoms with E-state index in [0.717, 1.165) is 16.5 Å². The number of allylic oxidation sites excluding steroid dienone is 1. The fourth-order valence-electron chi connectivity index (χ4n) is 3.31. The Hall–Kier alpha value is -2.77. The topological polar surface area (TPSA) is 74.2 Å². The molecule has 1 aliphatic rings. The first-order valence-corrected chi connectivity index (χ1v) is 8.85. The van der Waals surface area contributed by atoms with E-state index in [4.69, 9.17) is 12.2 Å². The number of carbonyl (C=O) groups excluding carboxylic acids is 1. The Morgan fingerprint density at radius 3 is 2.85 bits per heavy atom. The van der Waals surface area contributed by atoms with Crippen LogP contribution in [0.25, 0.3) is 22.0 Å². The van der Waals surface area contributed by atoms with Crippen LogP contribution in [-0.4, -0.2) is 43.3 Å². The molecule has 4 rings (SSSR count). The Morgan fingerprint density at radius 2 is 2.04 bits per heavy atom. The molecule has 1 aromatic heterocycles. The highest BCUT2D eigenvalue weighted by Crippen LogP contribution is 2.28. The smallest absolute Gasteiger partial charge is 0.200 e. The molecule has 0 amide bonds. The van der Waals surface area contributed by atoms with Crippen molar-refractivity contribution in [3.05, 3.63) is 59.3 Å². The highest BCUT2D eigenvalue weighted by Gasteiger charge is 2.29. The van der Waals surface area contributed by atoms with E-state index in [1.165, 1.54) is 0 Å². The summed E-state index contributed by atoms with van der Waals surface area (Å²) in [6.07, 6.45) is 0.905. The van der Waals surface area contributed by atoms with Crippen LogP contribution in [0.1, 0.15) is 19.2 Å². The van der Waals surface area contributed by atoms with E-state index in [9.17, 15) is 9.90 Å². The monoisotopic (exact) mass is 366 g/mol. The van der Waals surface area contributed by atoms with Gasteiger partial charge in [0.25, 0.3) is 0 Å². The summed E-state index contributed by atoms with van der Waals surface area (Å²) in [5.74, 6) is 0.305. The van der Waals surface area contributed by atoms with Gasteiger partial charge in [0.1, 0.15) is 6.23 Å². The van der Waals surface area contributed by atoms with Crippen LogP contribution in [0, 0.1) is 4.77 Å². The number of carbonyl (C=O) groups is 1. The number of benzene rings is 2. The molecule has 0 bridgehead atoms. The molecule has 132 valence electrons. The average molecular weight is 366 g/mol. The van der Waals surface area contributed by atoms with Gasteiger partial charge in [0.15, 0.2) is 16.4 Å². The third kappa shape index (κ3) is 2.65. The second-order valence-electron chi connectivity index (χ2n) is 6.17. The fraction of sp³-hybridized carbons (Fsp3) is 0.211. The van der Waals surface area contributed by atoms with Crippen molar-refractivity contribution in [2.24, 2.45) is 0 Å². The Balaban J connectivity index is 1.95. The van der Waals surface area contributed by atoms with Crippen LogP contribution in [0.3, 0.4) is 0 Å². The minimum atomic E-state index is -0.802. The van der Waals surface area contributed by atoms with Gasteiger partial charge in [-0.15, -0.1) is 0 Å². The lowest BCUT2D eigenvalue weighted by molar-refractivity contribution is -0.118. The van der Waals surface area contributed by atoms with Crippen LogP contribution in [0.4, 0.5) is 0 Å². The number of aliphatic hydroxyl groups excluding tert-OH is 1. The quantitative estimate of drug-likeness (QED) is 0.697. The number of aliphatic hydroxyl groups is 1.